The summed E-state index contributed by atoms with van der Waals surface area (Å²) >= 11 is 0. The average Bonchev–Trinajstić information content (AvgIpc) is 2.64. The molecule has 0 radical (unpaired) electrons. The van der Waals surface area contributed by atoms with Crippen molar-refractivity contribution in [2.24, 2.45) is 0 Å². The first-order valence-corrected chi connectivity index (χ1v) is 8.48. The van der Waals surface area contributed by atoms with Gasteiger partial charge in [-0.05, 0) is 54.8 Å². The van der Waals surface area contributed by atoms with Crippen LogP contribution in [-0.2, 0) is 13.1 Å². The molecule has 1 aliphatic heterocycles. The molecule has 26 heavy (non-hydrogen) atoms. The maximum Gasteiger partial charge on any atom is 0.268 e. The molecule has 1 aromatic heterocycles. The summed E-state index contributed by atoms with van der Waals surface area (Å²) in [6.07, 6.45) is 1.68. The number of rotatable bonds is 3. The van der Waals surface area contributed by atoms with E-state index in [0.29, 0.717) is 11.3 Å². The number of anilines is 1. The minimum absolute atomic E-state index is 0.236. The Balaban J connectivity index is 1.69. The van der Waals surface area contributed by atoms with Crippen LogP contribution in [0, 0.1) is 11.6 Å². The molecule has 0 N–H and O–H groups in total. The van der Waals surface area contributed by atoms with E-state index in [1.165, 1.54) is 35.0 Å². The van der Waals surface area contributed by atoms with Crippen molar-refractivity contribution in [3.05, 3.63) is 82.1 Å². The topological polar surface area (TPSA) is 38.1 Å². The van der Waals surface area contributed by atoms with Crippen LogP contribution >= 0.6 is 0 Å². The Labute approximate surface area is 149 Å². The lowest BCUT2D eigenvalue weighted by Crippen LogP contribution is -2.36. The Morgan fingerprint density at radius 3 is 2.73 bits per heavy atom. The fraction of sp³-hybridized carbons (Fsp3) is 0.200. The zero-order valence-electron chi connectivity index (χ0n) is 14.0. The van der Waals surface area contributed by atoms with Crippen molar-refractivity contribution in [1.82, 2.24) is 9.78 Å². The van der Waals surface area contributed by atoms with Crippen molar-refractivity contribution >= 4 is 5.69 Å². The Morgan fingerprint density at radius 2 is 1.88 bits per heavy atom. The monoisotopic (exact) mass is 353 g/mol. The molecule has 0 amide bonds. The largest absolute Gasteiger partial charge is 0.352 e. The lowest BCUT2D eigenvalue weighted by Gasteiger charge is -2.31. The summed E-state index contributed by atoms with van der Waals surface area (Å²) in [5.74, 6) is -0.647. The second-order valence-electron chi connectivity index (χ2n) is 6.32. The second-order valence-corrected chi connectivity index (χ2v) is 6.32. The molecule has 0 bridgehead atoms. The van der Waals surface area contributed by atoms with E-state index in [4.69, 9.17) is 0 Å². The third kappa shape index (κ3) is 3.10. The van der Waals surface area contributed by atoms with E-state index in [2.05, 4.69) is 5.10 Å². The van der Waals surface area contributed by atoms with E-state index >= 15 is 0 Å². The van der Waals surface area contributed by atoms with Crippen LogP contribution in [0.15, 0.2) is 59.4 Å². The van der Waals surface area contributed by atoms with Gasteiger partial charge in [0.05, 0.1) is 5.69 Å². The van der Waals surface area contributed by atoms with Gasteiger partial charge in [0.1, 0.15) is 18.3 Å². The molecular weight excluding hydrogens is 336 g/mol. The molecule has 0 saturated heterocycles. The fourth-order valence-corrected chi connectivity index (χ4v) is 3.32. The van der Waals surface area contributed by atoms with Crippen LogP contribution in [0.5, 0.6) is 0 Å². The highest BCUT2D eigenvalue weighted by atomic mass is 19.1. The van der Waals surface area contributed by atoms with E-state index in [1.54, 1.807) is 24.3 Å². The van der Waals surface area contributed by atoms with Crippen molar-refractivity contribution in [3.8, 4) is 11.3 Å². The first-order chi connectivity index (χ1) is 12.6. The minimum atomic E-state index is -0.385. The van der Waals surface area contributed by atoms with Crippen LogP contribution in [0.4, 0.5) is 14.5 Å². The van der Waals surface area contributed by atoms with Gasteiger partial charge in [-0.25, -0.2) is 13.5 Å². The van der Waals surface area contributed by atoms with Gasteiger partial charge >= 0.3 is 0 Å². The van der Waals surface area contributed by atoms with Crippen LogP contribution in [0.1, 0.15) is 12.0 Å². The number of halogens is 2. The quantitative estimate of drug-likeness (QED) is 0.722. The highest BCUT2D eigenvalue weighted by Gasteiger charge is 2.18. The van der Waals surface area contributed by atoms with Gasteiger partial charge in [0.2, 0.25) is 0 Å². The van der Waals surface area contributed by atoms with Crippen molar-refractivity contribution in [3.63, 3.8) is 0 Å². The van der Waals surface area contributed by atoms with E-state index < -0.39 is 0 Å². The number of hydrogen-bond acceptors (Lipinski definition) is 3. The van der Waals surface area contributed by atoms with Crippen LogP contribution < -0.4 is 10.5 Å². The third-order valence-electron chi connectivity index (χ3n) is 4.58. The molecule has 6 heteroatoms. The SMILES string of the molecule is O=c1ccc(-c2ccccc2F)nn1CN1CCCc2cc(F)ccc21. The molecule has 0 aliphatic carbocycles. The van der Waals surface area contributed by atoms with Crippen LogP contribution in [0.25, 0.3) is 11.3 Å². The molecule has 0 atom stereocenters. The normalized spacial score (nSPS) is 13.5. The highest BCUT2D eigenvalue weighted by Crippen LogP contribution is 2.28. The zero-order chi connectivity index (χ0) is 18.1. The van der Waals surface area contributed by atoms with E-state index in [9.17, 15) is 13.6 Å². The summed E-state index contributed by atoms with van der Waals surface area (Å²) in [7, 11) is 0. The van der Waals surface area contributed by atoms with Crippen molar-refractivity contribution < 1.29 is 8.78 Å². The summed E-state index contributed by atoms with van der Waals surface area (Å²) in [5, 5.41) is 4.34. The molecule has 3 aromatic rings. The maximum absolute atomic E-state index is 14.0. The molecule has 0 spiro atoms. The molecule has 0 fully saturated rings. The van der Waals surface area contributed by atoms with Crippen LogP contribution in [0.3, 0.4) is 0 Å². The van der Waals surface area contributed by atoms with Gasteiger partial charge in [-0.15, -0.1) is 0 Å². The van der Waals surface area contributed by atoms with Crippen molar-refractivity contribution in [2.75, 3.05) is 11.4 Å². The van der Waals surface area contributed by atoms with E-state index in [0.717, 1.165) is 30.6 Å². The predicted octanol–water partition coefficient (Wildman–Crippen LogP) is 3.60. The summed E-state index contributed by atoms with van der Waals surface area (Å²) in [6.45, 7) is 0.983. The van der Waals surface area contributed by atoms with Crippen molar-refractivity contribution in [1.29, 1.82) is 0 Å². The maximum atomic E-state index is 14.0. The average molecular weight is 353 g/mol. The Bertz CT molecular complexity index is 1020. The zero-order valence-corrected chi connectivity index (χ0v) is 14.0. The standard InChI is InChI=1S/C20H17F2N3O/c21-15-7-9-19-14(12-15)4-3-11-24(19)13-25-20(26)10-8-18(23-25)16-5-1-2-6-17(16)22/h1-2,5-10,12H,3-4,11,13H2. The van der Waals surface area contributed by atoms with Gasteiger partial charge in [0.15, 0.2) is 0 Å². The van der Waals surface area contributed by atoms with Crippen LogP contribution in [-0.4, -0.2) is 16.3 Å². The molecule has 132 valence electrons. The Hall–Kier alpha value is -3.02. The number of nitrogens with zero attached hydrogens (tertiary/aromatic N) is 3. The van der Waals surface area contributed by atoms with E-state index in [1.807, 2.05) is 4.90 Å². The number of fused-ring (bicyclic) bond motifs is 1. The Kier molecular flexibility index (Phi) is 4.24. The third-order valence-corrected chi connectivity index (χ3v) is 4.58. The number of aromatic nitrogens is 2. The molecule has 4 rings (SSSR count). The first kappa shape index (κ1) is 16.4. The molecule has 1 aliphatic rings. The predicted molar refractivity (Wildman–Crippen MR) is 96.0 cm³/mol. The molecule has 2 aromatic carbocycles. The lowest BCUT2D eigenvalue weighted by molar-refractivity contribution is 0.528. The van der Waals surface area contributed by atoms with Crippen molar-refractivity contribution in [2.45, 2.75) is 19.5 Å². The van der Waals surface area contributed by atoms with Crippen LogP contribution in [0.2, 0.25) is 0 Å². The second kappa shape index (κ2) is 6.71. The molecule has 2 heterocycles. The van der Waals surface area contributed by atoms with Gasteiger partial charge in [-0.2, -0.15) is 5.10 Å². The van der Waals surface area contributed by atoms with Gasteiger partial charge < -0.3 is 4.90 Å². The van der Waals surface area contributed by atoms with E-state index in [-0.39, 0.29) is 23.9 Å². The number of aryl methyl sites for hydroxylation is 1. The number of hydrogen-bond donors (Lipinski definition) is 0. The van der Waals surface area contributed by atoms with Gasteiger partial charge in [0.25, 0.3) is 5.56 Å². The molecule has 0 unspecified atom stereocenters. The summed E-state index contributed by atoms with van der Waals surface area (Å²) < 4.78 is 28.8. The molecular formula is C20H17F2N3O. The van der Waals surface area contributed by atoms with Gasteiger partial charge in [-0.3, -0.25) is 4.79 Å². The number of benzene rings is 2. The summed E-state index contributed by atoms with van der Waals surface area (Å²) in [6, 6.07) is 13.9. The van der Waals surface area contributed by atoms with Gasteiger partial charge in [0, 0.05) is 23.9 Å². The molecule has 0 saturated carbocycles. The van der Waals surface area contributed by atoms with Gasteiger partial charge in [-0.1, -0.05) is 12.1 Å². The minimum Gasteiger partial charge on any atom is -0.352 e. The first-order valence-electron chi connectivity index (χ1n) is 8.48. The summed E-state index contributed by atoms with van der Waals surface area (Å²) in [5.41, 5.74) is 2.32. The summed E-state index contributed by atoms with van der Waals surface area (Å²) in [4.78, 5) is 14.2. The smallest absolute Gasteiger partial charge is 0.268 e. The Morgan fingerprint density at radius 1 is 1.04 bits per heavy atom. The molecule has 4 nitrogen and oxygen atoms in total. The lowest BCUT2D eigenvalue weighted by atomic mass is 10.0. The highest BCUT2D eigenvalue weighted by molar-refractivity contribution is 5.59. The fourth-order valence-electron chi connectivity index (χ4n) is 3.32.